The maximum atomic E-state index is 12.6. The molecular weight excluding hydrogens is 193 g/mol. The first-order chi connectivity index (χ1) is 7.34. The van der Waals surface area contributed by atoms with Crippen molar-refractivity contribution in [1.29, 1.82) is 0 Å². The van der Waals surface area contributed by atoms with Gasteiger partial charge in [-0.1, -0.05) is 0 Å². The van der Waals surface area contributed by atoms with Crippen LogP contribution in [0.2, 0.25) is 0 Å². The van der Waals surface area contributed by atoms with Gasteiger partial charge in [0.05, 0.1) is 6.20 Å². The molecule has 1 aromatic rings. The monoisotopic (exact) mass is 209 g/mol. The van der Waals surface area contributed by atoms with E-state index in [4.69, 9.17) is 0 Å². The van der Waals surface area contributed by atoms with E-state index in [1.807, 2.05) is 0 Å². The van der Waals surface area contributed by atoms with Gasteiger partial charge in [0.15, 0.2) is 0 Å². The number of aromatic nitrogens is 1. The van der Waals surface area contributed by atoms with Crippen LogP contribution in [0.4, 0.5) is 4.39 Å². The Morgan fingerprint density at radius 3 is 2.80 bits per heavy atom. The molecule has 1 aliphatic heterocycles. The van der Waals surface area contributed by atoms with E-state index in [9.17, 15) is 4.39 Å². The van der Waals surface area contributed by atoms with Gasteiger partial charge in [0.25, 0.3) is 0 Å². The highest BCUT2D eigenvalue weighted by molar-refractivity contribution is 5.05. The van der Waals surface area contributed by atoms with Crippen molar-refractivity contribution in [3.63, 3.8) is 0 Å². The van der Waals surface area contributed by atoms with Gasteiger partial charge < -0.3 is 10.2 Å². The lowest BCUT2D eigenvalue weighted by molar-refractivity contribution is 0.243. The lowest BCUT2D eigenvalue weighted by Gasteiger charge is -2.26. The van der Waals surface area contributed by atoms with Crippen LogP contribution >= 0.6 is 0 Å². The Kier molecular flexibility index (Phi) is 3.64. The first-order valence-electron chi connectivity index (χ1n) is 5.38. The van der Waals surface area contributed by atoms with Crippen molar-refractivity contribution in [3.05, 3.63) is 29.8 Å². The molecule has 4 heteroatoms. The Hall–Kier alpha value is -1.00. The van der Waals surface area contributed by atoms with E-state index in [2.05, 4.69) is 15.2 Å². The second-order valence-corrected chi connectivity index (χ2v) is 3.81. The summed E-state index contributed by atoms with van der Waals surface area (Å²) >= 11 is 0. The molecule has 0 bridgehead atoms. The van der Waals surface area contributed by atoms with E-state index in [1.54, 1.807) is 6.07 Å². The molecule has 0 amide bonds. The second kappa shape index (κ2) is 5.19. The molecule has 1 N–H and O–H groups in total. The number of rotatable bonds is 3. The summed E-state index contributed by atoms with van der Waals surface area (Å²) in [7, 11) is 0. The molecule has 1 aromatic heterocycles. The summed E-state index contributed by atoms with van der Waals surface area (Å²) in [6.45, 7) is 5.34. The van der Waals surface area contributed by atoms with E-state index in [0.29, 0.717) is 0 Å². The number of piperazine rings is 1. The highest BCUT2D eigenvalue weighted by atomic mass is 19.1. The van der Waals surface area contributed by atoms with Gasteiger partial charge in [-0.2, -0.15) is 0 Å². The molecule has 1 aliphatic rings. The maximum Gasteiger partial charge on any atom is 0.141 e. The molecule has 3 nitrogen and oxygen atoms in total. The molecular formula is C11H16FN3. The summed E-state index contributed by atoms with van der Waals surface area (Å²) in [6.07, 6.45) is 2.19. The zero-order valence-corrected chi connectivity index (χ0v) is 8.75. The van der Waals surface area contributed by atoms with Gasteiger partial charge in [-0.15, -0.1) is 0 Å². The molecule has 0 radical (unpaired) electrons. The van der Waals surface area contributed by atoms with Gasteiger partial charge in [0.2, 0.25) is 0 Å². The predicted molar refractivity (Wildman–Crippen MR) is 57.2 cm³/mol. The molecule has 0 spiro atoms. The average molecular weight is 209 g/mol. The number of nitrogens with one attached hydrogen (secondary N) is 1. The molecule has 2 heterocycles. The summed E-state index contributed by atoms with van der Waals surface area (Å²) in [5, 5.41) is 3.31. The van der Waals surface area contributed by atoms with Gasteiger partial charge in [-0.3, -0.25) is 4.98 Å². The van der Waals surface area contributed by atoms with Gasteiger partial charge in [0, 0.05) is 44.8 Å². The Balaban J connectivity index is 1.79. The number of pyridine rings is 1. The van der Waals surface area contributed by atoms with Crippen molar-refractivity contribution < 1.29 is 4.39 Å². The highest BCUT2D eigenvalue weighted by Gasteiger charge is 2.08. The van der Waals surface area contributed by atoms with Crippen molar-refractivity contribution in [2.75, 3.05) is 32.7 Å². The molecule has 82 valence electrons. The van der Waals surface area contributed by atoms with Crippen molar-refractivity contribution in [1.82, 2.24) is 15.2 Å². The van der Waals surface area contributed by atoms with Crippen LogP contribution in [0.1, 0.15) is 5.69 Å². The van der Waals surface area contributed by atoms with Gasteiger partial charge in [0.1, 0.15) is 5.82 Å². The average Bonchev–Trinajstić information content (AvgIpc) is 2.30. The molecule has 0 atom stereocenters. The molecule has 1 fully saturated rings. The minimum atomic E-state index is -0.263. The normalized spacial score (nSPS) is 17.9. The lowest BCUT2D eigenvalue weighted by atomic mass is 10.2. The van der Waals surface area contributed by atoms with Crippen molar-refractivity contribution in [3.8, 4) is 0 Å². The Bertz CT molecular complexity index is 293. The summed E-state index contributed by atoms with van der Waals surface area (Å²) in [4.78, 5) is 6.45. The maximum absolute atomic E-state index is 12.6. The SMILES string of the molecule is Fc1ccc(CCN2CCNCC2)nc1. The molecule has 1 saturated heterocycles. The Labute approximate surface area is 89.3 Å². The zero-order chi connectivity index (χ0) is 10.5. The number of nitrogens with zero attached hydrogens (tertiary/aromatic N) is 2. The van der Waals surface area contributed by atoms with Crippen LogP contribution in [0.25, 0.3) is 0 Å². The summed E-state index contributed by atoms with van der Waals surface area (Å²) in [6, 6.07) is 3.23. The van der Waals surface area contributed by atoms with E-state index in [1.165, 1.54) is 12.3 Å². The van der Waals surface area contributed by atoms with E-state index in [0.717, 1.165) is 44.8 Å². The van der Waals surface area contributed by atoms with Crippen LogP contribution in [0, 0.1) is 5.82 Å². The first kappa shape index (κ1) is 10.5. The Morgan fingerprint density at radius 1 is 1.33 bits per heavy atom. The van der Waals surface area contributed by atoms with Crippen LogP contribution in [-0.2, 0) is 6.42 Å². The summed E-state index contributed by atoms with van der Waals surface area (Å²) in [5.74, 6) is -0.263. The van der Waals surface area contributed by atoms with Crippen molar-refractivity contribution in [2.45, 2.75) is 6.42 Å². The standard InChI is InChI=1S/C11H16FN3/c12-10-1-2-11(14-9-10)3-6-15-7-4-13-5-8-15/h1-2,9,13H,3-8H2. The van der Waals surface area contributed by atoms with Crippen molar-refractivity contribution in [2.24, 2.45) is 0 Å². The molecule has 15 heavy (non-hydrogen) atoms. The number of halogens is 1. The third-order valence-electron chi connectivity index (χ3n) is 2.68. The van der Waals surface area contributed by atoms with E-state index in [-0.39, 0.29) is 5.82 Å². The predicted octanol–water partition coefficient (Wildman–Crippen LogP) is 0.668. The molecule has 0 aromatic carbocycles. The topological polar surface area (TPSA) is 28.2 Å². The fourth-order valence-corrected chi connectivity index (χ4v) is 1.76. The molecule has 0 aliphatic carbocycles. The van der Waals surface area contributed by atoms with E-state index >= 15 is 0 Å². The fourth-order valence-electron chi connectivity index (χ4n) is 1.76. The smallest absolute Gasteiger partial charge is 0.141 e. The van der Waals surface area contributed by atoms with Crippen LogP contribution in [0.15, 0.2) is 18.3 Å². The van der Waals surface area contributed by atoms with Crippen LogP contribution in [-0.4, -0.2) is 42.6 Å². The third-order valence-corrected chi connectivity index (χ3v) is 2.68. The minimum absolute atomic E-state index is 0.263. The molecule has 0 unspecified atom stereocenters. The molecule has 0 saturated carbocycles. The molecule has 2 rings (SSSR count). The zero-order valence-electron chi connectivity index (χ0n) is 8.75. The van der Waals surface area contributed by atoms with Crippen LogP contribution in [0.3, 0.4) is 0 Å². The van der Waals surface area contributed by atoms with Gasteiger partial charge in [-0.05, 0) is 12.1 Å². The fraction of sp³-hybridized carbons (Fsp3) is 0.545. The minimum Gasteiger partial charge on any atom is -0.314 e. The van der Waals surface area contributed by atoms with Crippen LogP contribution < -0.4 is 5.32 Å². The van der Waals surface area contributed by atoms with E-state index < -0.39 is 0 Å². The van der Waals surface area contributed by atoms with Gasteiger partial charge in [-0.25, -0.2) is 4.39 Å². The Morgan fingerprint density at radius 2 is 2.13 bits per heavy atom. The summed E-state index contributed by atoms with van der Waals surface area (Å²) in [5.41, 5.74) is 0.968. The summed E-state index contributed by atoms with van der Waals surface area (Å²) < 4.78 is 12.6. The van der Waals surface area contributed by atoms with Gasteiger partial charge >= 0.3 is 0 Å². The largest absolute Gasteiger partial charge is 0.314 e. The number of hydrogen-bond donors (Lipinski definition) is 1. The highest BCUT2D eigenvalue weighted by Crippen LogP contribution is 2.01. The quantitative estimate of drug-likeness (QED) is 0.793. The third kappa shape index (κ3) is 3.25. The lowest BCUT2D eigenvalue weighted by Crippen LogP contribution is -2.44. The van der Waals surface area contributed by atoms with Crippen LogP contribution in [0.5, 0.6) is 0 Å². The first-order valence-corrected chi connectivity index (χ1v) is 5.38. The number of hydrogen-bond acceptors (Lipinski definition) is 3. The second-order valence-electron chi connectivity index (χ2n) is 3.81. The van der Waals surface area contributed by atoms with Crippen molar-refractivity contribution >= 4 is 0 Å².